The standard InChI is InChI=1S/C20H30N2O2/c1-15-5-7-17(8-6-15)20(9-11-24-12-10-20)19(23)22-13-16(2)18(14-22)21(3)4/h5-8,16,18H,9-14H2,1-4H3/t16-,18-/m0/s1. The molecule has 1 aromatic carbocycles. The molecule has 1 aromatic rings. The van der Waals surface area contributed by atoms with Crippen molar-refractivity contribution in [3.63, 3.8) is 0 Å². The molecule has 0 radical (unpaired) electrons. The zero-order valence-corrected chi connectivity index (χ0v) is 15.4. The van der Waals surface area contributed by atoms with E-state index in [1.54, 1.807) is 0 Å². The van der Waals surface area contributed by atoms with E-state index in [0.717, 1.165) is 31.5 Å². The summed E-state index contributed by atoms with van der Waals surface area (Å²) in [6.45, 7) is 7.37. The molecule has 24 heavy (non-hydrogen) atoms. The van der Waals surface area contributed by atoms with Gasteiger partial charge in [-0.25, -0.2) is 0 Å². The van der Waals surface area contributed by atoms with Gasteiger partial charge in [0.2, 0.25) is 5.91 Å². The number of likely N-dealkylation sites (N-methyl/N-ethyl adjacent to an activating group) is 1. The van der Waals surface area contributed by atoms with Gasteiger partial charge in [0.05, 0.1) is 5.41 Å². The Morgan fingerprint density at radius 3 is 2.33 bits per heavy atom. The molecule has 0 N–H and O–H groups in total. The number of benzene rings is 1. The fourth-order valence-electron chi connectivity index (χ4n) is 4.31. The first-order chi connectivity index (χ1) is 11.4. The van der Waals surface area contributed by atoms with Crippen molar-refractivity contribution in [1.29, 1.82) is 0 Å². The van der Waals surface area contributed by atoms with Gasteiger partial charge in [-0.05, 0) is 45.3 Å². The van der Waals surface area contributed by atoms with E-state index in [9.17, 15) is 4.79 Å². The van der Waals surface area contributed by atoms with Crippen LogP contribution in [0, 0.1) is 12.8 Å². The molecule has 2 heterocycles. The molecule has 0 aliphatic carbocycles. The van der Waals surface area contributed by atoms with Crippen LogP contribution in [0.2, 0.25) is 0 Å². The summed E-state index contributed by atoms with van der Waals surface area (Å²) in [5.74, 6) is 0.810. The van der Waals surface area contributed by atoms with Gasteiger partial charge in [0.25, 0.3) is 0 Å². The molecular formula is C20H30N2O2. The number of carbonyl (C=O) groups is 1. The van der Waals surface area contributed by atoms with Gasteiger partial charge in [0.1, 0.15) is 0 Å². The second kappa shape index (κ2) is 6.85. The van der Waals surface area contributed by atoms with Crippen molar-refractivity contribution in [3.05, 3.63) is 35.4 Å². The molecule has 2 aliphatic heterocycles. The first kappa shape index (κ1) is 17.4. The maximum Gasteiger partial charge on any atom is 0.233 e. The van der Waals surface area contributed by atoms with Crippen LogP contribution >= 0.6 is 0 Å². The quantitative estimate of drug-likeness (QED) is 0.853. The van der Waals surface area contributed by atoms with Gasteiger partial charge in [-0.2, -0.15) is 0 Å². The normalized spacial score (nSPS) is 26.8. The number of hydrogen-bond acceptors (Lipinski definition) is 3. The number of carbonyl (C=O) groups excluding carboxylic acids is 1. The van der Waals surface area contributed by atoms with Crippen LogP contribution in [0.3, 0.4) is 0 Å². The lowest BCUT2D eigenvalue weighted by molar-refractivity contribution is -0.140. The first-order valence-electron chi connectivity index (χ1n) is 9.05. The Hall–Kier alpha value is -1.39. The van der Waals surface area contributed by atoms with E-state index in [1.807, 2.05) is 0 Å². The highest BCUT2D eigenvalue weighted by Crippen LogP contribution is 2.38. The molecule has 4 nitrogen and oxygen atoms in total. The number of amides is 1. The summed E-state index contributed by atoms with van der Waals surface area (Å²) in [5.41, 5.74) is 1.98. The average molecular weight is 330 g/mol. The number of rotatable bonds is 3. The van der Waals surface area contributed by atoms with Gasteiger partial charge >= 0.3 is 0 Å². The maximum atomic E-state index is 13.6. The van der Waals surface area contributed by atoms with E-state index in [2.05, 4.69) is 62.0 Å². The Labute approximate surface area is 145 Å². The summed E-state index contributed by atoms with van der Waals surface area (Å²) in [4.78, 5) is 17.9. The molecule has 2 aliphatic rings. The predicted octanol–water partition coefficient (Wildman–Crippen LogP) is 2.45. The molecule has 2 fully saturated rings. The van der Waals surface area contributed by atoms with Crippen molar-refractivity contribution in [2.24, 2.45) is 5.92 Å². The highest BCUT2D eigenvalue weighted by molar-refractivity contribution is 5.88. The fourth-order valence-corrected chi connectivity index (χ4v) is 4.31. The van der Waals surface area contributed by atoms with Crippen molar-refractivity contribution >= 4 is 5.91 Å². The maximum absolute atomic E-state index is 13.6. The third-order valence-electron chi connectivity index (χ3n) is 5.88. The molecule has 0 saturated carbocycles. The third-order valence-corrected chi connectivity index (χ3v) is 5.88. The van der Waals surface area contributed by atoms with Gasteiger partial charge in [-0.15, -0.1) is 0 Å². The van der Waals surface area contributed by atoms with E-state index >= 15 is 0 Å². The lowest BCUT2D eigenvalue weighted by atomic mass is 9.73. The van der Waals surface area contributed by atoms with Crippen molar-refractivity contribution in [2.45, 2.75) is 38.1 Å². The number of likely N-dealkylation sites (tertiary alicyclic amines) is 1. The van der Waals surface area contributed by atoms with Crippen LogP contribution in [0.25, 0.3) is 0 Å². The van der Waals surface area contributed by atoms with Crippen molar-refractivity contribution in [3.8, 4) is 0 Å². The fraction of sp³-hybridized carbons (Fsp3) is 0.650. The minimum Gasteiger partial charge on any atom is -0.381 e. The van der Waals surface area contributed by atoms with Gasteiger partial charge in [0, 0.05) is 32.3 Å². The lowest BCUT2D eigenvalue weighted by Gasteiger charge is -2.39. The van der Waals surface area contributed by atoms with Gasteiger partial charge < -0.3 is 14.5 Å². The monoisotopic (exact) mass is 330 g/mol. The van der Waals surface area contributed by atoms with Crippen molar-refractivity contribution in [2.75, 3.05) is 40.4 Å². The van der Waals surface area contributed by atoms with Crippen LogP contribution in [0.15, 0.2) is 24.3 Å². The molecule has 0 bridgehead atoms. The Morgan fingerprint density at radius 1 is 1.17 bits per heavy atom. The number of aryl methyl sites for hydroxylation is 1. The summed E-state index contributed by atoms with van der Waals surface area (Å²) in [7, 11) is 4.22. The summed E-state index contributed by atoms with van der Waals surface area (Å²) >= 11 is 0. The Morgan fingerprint density at radius 2 is 1.79 bits per heavy atom. The Bertz CT molecular complexity index is 576. The highest BCUT2D eigenvalue weighted by Gasteiger charge is 2.46. The van der Waals surface area contributed by atoms with Crippen molar-refractivity contribution in [1.82, 2.24) is 9.80 Å². The van der Waals surface area contributed by atoms with Crippen LogP contribution < -0.4 is 0 Å². The summed E-state index contributed by atoms with van der Waals surface area (Å²) in [6, 6.07) is 8.97. The molecule has 3 rings (SSSR count). The second-order valence-electron chi connectivity index (χ2n) is 7.78. The zero-order chi connectivity index (χ0) is 17.3. The smallest absolute Gasteiger partial charge is 0.233 e. The topological polar surface area (TPSA) is 32.8 Å². The summed E-state index contributed by atoms with van der Waals surface area (Å²) < 4.78 is 5.58. The summed E-state index contributed by atoms with van der Waals surface area (Å²) in [5, 5.41) is 0. The van der Waals surface area contributed by atoms with Gasteiger partial charge in [0.15, 0.2) is 0 Å². The number of hydrogen-bond donors (Lipinski definition) is 0. The van der Waals surface area contributed by atoms with Crippen LogP contribution in [-0.4, -0.2) is 62.1 Å². The van der Waals surface area contributed by atoms with Gasteiger partial charge in [-0.1, -0.05) is 36.8 Å². The molecule has 2 saturated heterocycles. The predicted molar refractivity (Wildman–Crippen MR) is 96.1 cm³/mol. The third kappa shape index (κ3) is 3.09. The second-order valence-corrected chi connectivity index (χ2v) is 7.78. The highest BCUT2D eigenvalue weighted by atomic mass is 16.5. The molecule has 0 spiro atoms. The van der Waals surface area contributed by atoms with E-state index in [4.69, 9.17) is 4.74 Å². The minimum atomic E-state index is -0.410. The average Bonchev–Trinajstić information content (AvgIpc) is 2.97. The Balaban J connectivity index is 1.89. The molecule has 0 aromatic heterocycles. The zero-order valence-electron chi connectivity index (χ0n) is 15.4. The molecule has 2 atom stereocenters. The van der Waals surface area contributed by atoms with Crippen LogP contribution in [0.1, 0.15) is 30.9 Å². The van der Waals surface area contributed by atoms with E-state index in [-0.39, 0.29) is 0 Å². The molecule has 1 amide bonds. The van der Waals surface area contributed by atoms with Crippen LogP contribution in [0.4, 0.5) is 0 Å². The first-order valence-corrected chi connectivity index (χ1v) is 9.05. The van der Waals surface area contributed by atoms with Crippen molar-refractivity contribution < 1.29 is 9.53 Å². The molecule has 4 heteroatoms. The van der Waals surface area contributed by atoms with Gasteiger partial charge in [-0.3, -0.25) is 4.79 Å². The molecule has 132 valence electrons. The Kier molecular flexibility index (Phi) is 4.97. The SMILES string of the molecule is Cc1ccc(C2(C(=O)N3C[C@H](C)[C@@H](N(C)C)C3)CCOCC2)cc1. The number of ether oxygens (including phenoxy) is 1. The molecule has 0 unspecified atom stereocenters. The minimum absolute atomic E-state index is 0.297. The largest absolute Gasteiger partial charge is 0.381 e. The van der Waals surface area contributed by atoms with E-state index in [0.29, 0.717) is 31.1 Å². The summed E-state index contributed by atoms with van der Waals surface area (Å²) in [6.07, 6.45) is 1.57. The lowest BCUT2D eigenvalue weighted by Crippen LogP contribution is -2.49. The van der Waals surface area contributed by atoms with Crippen LogP contribution in [0.5, 0.6) is 0 Å². The van der Waals surface area contributed by atoms with E-state index < -0.39 is 5.41 Å². The van der Waals surface area contributed by atoms with Crippen LogP contribution in [-0.2, 0) is 14.9 Å². The van der Waals surface area contributed by atoms with E-state index in [1.165, 1.54) is 5.56 Å². The molecular weight excluding hydrogens is 300 g/mol. The number of nitrogens with zero attached hydrogens (tertiary/aromatic N) is 2.